The van der Waals surface area contributed by atoms with Gasteiger partial charge in [0, 0.05) is 8.57 Å². The molecular weight excluding hydrogens is 618 g/mol. The van der Waals surface area contributed by atoms with Crippen LogP contribution < -0.4 is 22.9 Å². The number of halogens is 2. The fraction of sp³-hybridized carbons (Fsp3) is 0.125. The molecule has 0 amide bonds. The van der Waals surface area contributed by atoms with Crippen molar-refractivity contribution < 1.29 is 18.9 Å². The number of hydrogen-bond donors (Lipinski definition) is 6. The van der Waals surface area contributed by atoms with Gasteiger partial charge in [-0.15, -0.1) is 0 Å². The smallest absolute Gasteiger partial charge is 0.370 e. The minimum absolute atomic E-state index is 0. The van der Waals surface area contributed by atoms with E-state index in [0.29, 0.717) is 13.1 Å². The summed E-state index contributed by atoms with van der Waals surface area (Å²) in [4.78, 5) is 7.81. The van der Waals surface area contributed by atoms with Gasteiger partial charge in [-0.3, -0.25) is 9.11 Å². The molecule has 0 heterocycles. The lowest BCUT2D eigenvalue weighted by atomic mass is 10.2. The van der Waals surface area contributed by atoms with E-state index >= 15 is 0 Å². The van der Waals surface area contributed by atoms with Crippen molar-refractivity contribution in [2.75, 3.05) is 0 Å². The maximum atomic E-state index is 8.74. The van der Waals surface area contributed by atoms with E-state index in [4.69, 9.17) is 40.5 Å². The quantitative estimate of drug-likeness (QED) is 0.125. The van der Waals surface area contributed by atoms with Gasteiger partial charge in [0.1, 0.15) is 0 Å². The van der Waals surface area contributed by atoms with Crippen molar-refractivity contribution in [3.63, 3.8) is 0 Å². The van der Waals surface area contributed by atoms with Gasteiger partial charge in [0.05, 0.1) is 13.1 Å². The van der Waals surface area contributed by atoms with Crippen LogP contribution in [0.25, 0.3) is 0 Å². The normalized spacial score (nSPS) is 9.79. The molecule has 162 valence electrons. The van der Waals surface area contributed by atoms with Gasteiger partial charge in [-0.25, -0.2) is 9.98 Å². The maximum Gasteiger partial charge on any atom is 0.394 e. The Hall–Kier alpha value is -1.69. The van der Waals surface area contributed by atoms with Crippen LogP contribution in [0.4, 0.5) is 0 Å². The van der Waals surface area contributed by atoms with Gasteiger partial charge in [-0.1, -0.05) is 24.3 Å². The zero-order valence-corrected chi connectivity index (χ0v) is 20.2. The topological polar surface area (TPSA) is 203 Å². The summed E-state index contributed by atoms with van der Waals surface area (Å²) in [5.41, 5.74) is 23.1. The van der Waals surface area contributed by atoms with Gasteiger partial charge < -0.3 is 22.9 Å². The third-order valence-corrected chi connectivity index (χ3v) is 4.01. The summed E-state index contributed by atoms with van der Waals surface area (Å²) in [5, 5.41) is 0. The van der Waals surface area contributed by atoms with Crippen molar-refractivity contribution in [3.05, 3.63) is 66.8 Å². The summed E-state index contributed by atoms with van der Waals surface area (Å²) in [7, 11) is -4.67. The Morgan fingerprint density at radius 1 is 0.828 bits per heavy atom. The number of guanidine groups is 2. The molecule has 29 heavy (non-hydrogen) atoms. The van der Waals surface area contributed by atoms with E-state index in [1.54, 1.807) is 0 Å². The molecule has 0 spiro atoms. The van der Waals surface area contributed by atoms with Crippen LogP contribution in [-0.2, 0) is 23.5 Å². The second-order valence-electron chi connectivity index (χ2n) is 5.19. The summed E-state index contributed by atoms with van der Waals surface area (Å²) in [5.74, 6) is 0.266. The molecule has 0 fully saturated rings. The highest BCUT2D eigenvalue weighted by Gasteiger charge is 1.92. The van der Waals surface area contributed by atoms with Crippen LogP contribution >= 0.6 is 45.2 Å². The first-order valence-corrected chi connectivity index (χ1v) is 11.2. The standard InChI is InChI=1S/2C8H10IN3.H2O4S.H2/c2*9-7-3-1-2-6(4-7)5-12-8(10)11;1-5(2,3)4;/h2*1-4H,5H2,(H4,10,11,12);(H2,1,2,3,4);1H/i2*9-4;;. The molecule has 0 aliphatic carbocycles. The molecule has 0 aromatic heterocycles. The van der Waals surface area contributed by atoms with Crippen LogP contribution in [0.5, 0.6) is 0 Å². The lowest BCUT2D eigenvalue weighted by molar-refractivity contribution is 0.381. The summed E-state index contributed by atoms with van der Waals surface area (Å²) in [6, 6.07) is 16.1. The Morgan fingerprint density at radius 3 is 1.38 bits per heavy atom. The molecule has 10 N–H and O–H groups in total. The molecule has 0 aliphatic rings. The van der Waals surface area contributed by atoms with Crippen LogP contribution in [-0.4, -0.2) is 29.4 Å². The monoisotopic (exact) mass is 642 g/mol. The van der Waals surface area contributed by atoms with E-state index in [0.717, 1.165) is 11.1 Å². The van der Waals surface area contributed by atoms with Gasteiger partial charge in [-0.2, -0.15) is 8.42 Å². The number of aliphatic imine (C=N–C) groups is 2. The summed E-state index contributed by atoms with van der Waals surface area (Å²) in [6.45, 7) is 1.11. The molecule has 2 aromatic rings. The molecule has 0 unspecified atom stereocenters. The van der Waals surface area contributed by atoms with Crippen LogP contribution in [0.15, 0.2) is 58.5 Å². The molecule has 0 saturated carbocycles. The second kappa shape index (κ2) is 14.3. The molecule has 0 aliphatic heterocycles. The first kappa shape index (κ1) is 27.3. The molecular formula is C16H24I2N6O4S. The Kier molecular flexibility index (Phi) is 13.5. The van der Waals surface area contributed by atoms with Crippen molar-refractivity contribution in [1.82, 2.24) is 0 Å². The second-order valence-corrected chi connectivity index (χ2v) is 8.58. The van der Waals surface area contributed by atoms with Gasteiger partial charge in [0.25, 0.3) is 0 Å². The molecule has 10 nitrogen and oxygen atoms in total. The summed E-state index contributed by atoms with van der Waals surface area (Å²) in [6.07, 6.45) is 0. The van der Waals surface area contributed by atoms with Crippen LogP contribution in [0, 0.1) is 7.14 Å². The predicted molar refractivity (Wildman–Crippen MR) is 134 cm³/mol. The third kappa shape index (κ3) is 19.4. The molecule has 0 saturated heterocycles. The van der Waals surface area contributed by atoms with Crippen LogP contribution in [0.1, 0.15) is 12.6 Å². The van der Waals surface area contributed by atoms with Crippen LogP contribution in [0.3, 0.4) is 0 Å². The van der Waals surface area contributed by atoms with E-state index < -0.39 is 10.4 Å². The van der Waals surface area contributed by atoms with Crippen molar-refractivity contribution in [2.45, 2.75) is 13.1 Å². The average molecular weight is 642 g/mol. The van der Waals surface area contributed by atoms with Crippen molar-refractivity contribution in [1.29, 1.82) is 0 Å². The number of nitrogens with two attached hydrogens (primary N) is 4. The maximum absolute atomic E-state index is 8.74. The van der Waals surface area contributed by atoms with E-state index in [1.165, 1.54) is 7.14 Å². The third-order valence-electron chi connectivity index (χ3n) is 2.67. The number of hydrogen-bond acceptors (Lipinski definition) is 4. The Balaban J connectivity index is 0. The fourth-order valence-electron chi connectivity index (χ4n) is 1.64. The zero-order valence-electron chi connectivity index (χ0n) is 15.1. The van der Waals surface area contributed by atoms with Crippen molar-refractivity contribution in [3.8, 4) is 0 Å². The number of benzene rings is 2. The van der Waals surface area contributed by atoms with E-state index in [9.17, 15) is 0 Å². The SMILES string of the molecule is NC(N)=NCc1cccc([123I])c1.NC(N)=NCc1cccc([123I])c1.O=S(=O)(O)O.[HH]. The lowest BCUT2D eigenvalue weighted by Gasteiger charge is -1.97. The minimum atomic E-state index is -4.67. The molecule has 0 bridgehead atoms. The zero-order chi connectivity index (χ0) is 22.4. The molecule has 2 aromatic carbocycles. The molecule has 0 atom stereocenters. The Morgan fingerprint density at radius 2 is 1.14 bits per heavy atom. The highest BCUT2D eigenvalue weighted by molar-refractivity contribution is 14.1. The first-order chi connectivity index (χ1) is 13.4. The summed E-state index contributed by atoms with van der Waals surface area (Å²) >= 11 is 4.50. The molecule has 13 heteroatoms. The van der Waals surface area contributed by atoms with Gasteiger partial charge in [-0.05, 0) is 80.6 Å². The van der Waals surface area contributed by atoms with Crippen molar-refractivity contribution >= 4 is 67.5 Å². The van der Waals surface area contributed by atoms with Gasteiger partial charge in [0.2, 0.25) is 0 Å². The van der Waals surface area contributed by atoms with Crippen LogP contribution in [0.2, 0.25) is 0 Å². The van der Waals surface area contributed by atoms with E-state index in [2.05, 4.69) is 55.2 Å². The minimum Gasteiger partial charge on any atom is -0.370 e. The molecule has 0 radical (unpaired) electrons. The van der Waals surface area contributed by atoms with E-state index in [-0.39, 0.29) is 13.3 Å². The highest BCUT2D eigenvalue weighted by atomic mass is 123. The highest BCUT2D eigenvalue weighted by Crippen LogP contribution is 2.09. The summed E-state index contributed by atoms with van der Waals surface area (Å²) < 4.78 is 34.0. The number of rotatable bonds is 4. The molecule has 2 rings (SSSR count). The average Bonchev–Trinajstić information content (AvgIpc) is 2.57. The largest absolute Gasteiger partial charge is 0.394 e. The lowest BCUT2D eigenvalue weighted by Crippen LogP contribution is -2.22. The Bertz CT molecular complexity index is 867. The Labute approximate surface area is 198 Å². The van der Waals surface area contributed by atoms with Gasteiger partial charge >= 0.3 is 10.4 Å². The fourth-order valence-corrected chi connectivity index (χ4v) is 2.85. The number of nitrogens with zero attached hydrogens (tertiary/aromatic N) is 2. The van der Waals surface area contributed by atoms with Gasteiger partial charge in [0.15, 0.2) is 11.9 Å². The predicted octanol–water partition coefficient (Wildman–Crippen LogP) is 1.72. The van der Waals surface area contributed by atoms with E-state index in [1.807, 2.05) is 48.5 Å². The van der Waals surface area contributed by atoms with Crippen molar-refractivity contribution in [2.24, 2.45) is 32.9 Å². The first-order valence-electron chi connectivity index (χ1n) is 7.66.